The molecule has 1 heterocycles. The molecule has 31 heavy (non-hydrogen) atoms. The van der Waals surface area contributed by atoms with Crippen LogP contribution in [0.15, 0.2) is 71.6 Å². The average Bonchev–Trinajstić information content (AvgIpc) is 3.00. The van der Waals surface area contributed by atoms with Gasteiger partial charge in [-0.3, -0.25) is 9.52 Å². The van der Waals surface area contributed by atoms with Crippen molar-refractivity contribution < 1.29 is 13.2 Å². The minimum absolute atomic E-state index is 0.0631. The van der Waals surface area contributed by atoms with E-state index >= 15 is 0 Å². The quantitative estimate of drug-likeness (QED) is 0.420. The monoisotopic (exact) mass is 432 g/mol. The van der Waals surface area contributed by atoms with E-state index in [0.29, 0.717) is 11.3 Å². The van der Waals surface area contributed by atoms with E-state index < -0.39 is 10.0 Å². The van der Waals surface area contributed by atoms with Crippen LogP contribution in [0.1, 0.15) is 34.1 Å². The predicted molar refractivity (Wildman–Crippen MR) is 125 cm³/mol. The van der Waals surface area contributed by atoms with E-state index in [-0.39, 0.29) is 10.7 Å². The first kappa shape index (κ1) is 20.9. The number of ketones is 1. The van der Waals surface area contributed by atoms with Crippen molar-refractivity contribution in [3.8, 4) is 5.69 Å². The number of hydrogen-bond donors (Lipinski definition) is 1. The van der Waals surface area contributed by atoms with Crippen molar-refractivity contribution in [3.63, 3.8) is 0 Å². The fourth-order valence-corrected chi connectivity index (χ4v) is 4.93. The van der Waals surface area contributed by atoms with Crippen LogP contribution < -0.4 is 4.72 Å². The van der Waals surface area contributed by atoms with Gasteiger partial charge < -0.3 is 4.57 Å². The molecule has 0 aliphatic heterocycles. The maximum absolute atomic E-state index is 12.8. The Morgan fingerprint density at radius 2 is 1.42 bits per heavy atom. The summed E-state index contributed by atoms with van der Waals surface area (Å²) in [6.07, 6.45) is 0. The van der Waals surface area contributed by atoms with E-state index in [1.54, 1.807) is 36.4 Å². The lowest BCUT2D eigenvalue weighted by molar-refractivity contribution is 0.101. The van der Waals surface area contributed by atoms with Crippen molar-refractivity contribution in [1.82, 2.24) is 4.57 Å². The van der Waals surface area contributed by atoms with Gasteiger partial charge in [-0.25, -0.2) is 8.42 Å². The number of rotatable bonds is 5. The zero-order chi connectivity index (χ0) is 22.3. The van der Waals surface area contributed by atoms with Crippen LogP contribution in [0.4, 0.5) is 5.69 Å². The number of hydrogen-bond acceptors (Lipinski definition) is 3. The zero-order valence-corrected chi connectivity index (χ0v) is 18.7. The molecule has 0 aliphatic carbocycles. The Morgan fingerprint density at radius 3 is 2.00 bits per heavy atom. The molecule has 0 saturated carbocycles. The molecule has 0 bridgehead atoms. The van der Waals surface area contributed by atoms with Crippen molar-refractivity contribution >= 4 is 32.4 Å². The highest BCUT2D eigenvalue weighted by Gasteiger charge is 2.20. The average molecular weight is 433 g/mol. The third-order valence-corrected chi connectivity index (χ3v) is 6.83. The molecule has 1 aromatic heterocycles. The molecule has 6 heteroatoms. The number of nitrogens with zero attached hydrogens (tertiary/aromatic N) is 1. The Balaban J connectivity index is 1.84. The van der Waals surface area contributed by atoms with Crippen molar-refractivity contribution in [3.05, 3.63) is 89.1 Å². The number of benzene rings is 3. The fourth-order valence-electron chi connectivity index (χ4n) is 3.88. The normalized spacial score (nSPS) is 11.6. The summed E-state index contributed by atoms with van der Waals surface area (Å²) in [6, 6.07) is 20.1. The molecule has 0 atom stereocenters. The number of nitrogens with one attached hydrogen (secondary N) is 1. The van der Waals surface area contributed by atoms with E-state index in [9.17, 15) is 13.2 Å². The number of carbonyl (C=O) groups excluding carboxylic acids is 1. The number of carbonyl (C=O) groups is 1. The summed E-state index contributed by atoms with van der Waals surface area (Å²) in [5.41, 5.74) is 5.77. The van der Waals surface area contributed by atoms with Gasteiger partial charge in [0, 0.05) is 28.0 Å². The summed E-state index contributed by atoms with van der Waals surface area (Å²) in [7, 11) is -3.73. The summed E-state index contributed by atoms with van der Waals surface area (Å²) < 4.78 is 30.3. The smallest absolute Gasteiger partial charge is 0.261 e. The van der Waals surface area contributed by atoms with Crippen LogP contribution in [0.3, 0.4) is 0 Å². The standard InChI is InChI=1S/C25H24N2O3S/c1-16-5-10-21(11-6-16)27-18(3)25(19(4)28)23-15-20(9-14-24(23)27)26-31(29,30)22-12-7-17(2)8-13-22/h5-15,26H,1-4H3. The number of anilines is 1. The lowest BCUT2D eigenvalue weighted by Crippen LogP contribution is -2.12. The molecule has 0 spiro atoms. The number of fused-ring (bicyclic) bond motifs is 1. The van der Waals surface area contributed by atoms with Crippen LogP contribution in [0.2, 0.25) is 0 Å². The van der Waals surface area contributed by atoms with Gasteiger partial charge in [-0.15, -0.1) is 0 Å². The number of aromatic nitrogens is 1. The second-order valence-electron chi connectivity index (χ2n) is 7.84. The van der Waals surface area contributed by atoms with Crippen LogP contribution in [-0.4, -0.2) is 18.8 Å². The summed E-state index contributed by atoms with van der Waals surface area (Å²) in [5.74, 6) is -0.0631. The molecule has 5 nitrogen and oxygen atoms in total. The Hall–Kier alpha value is -3.38. The SMILES string of the molecule is CC(=O)c1c(C)n(-c2ccc(C)cc2)c2ccc(NS(=O)(=O)c3ccc(C)cc3)cc12. The van der Waals surface area contributed by atoms with Gasteiger partial charge in [0.1, 0.15) is 0 Å². The number of Topliss-reactive ketones (excluding diaryl/α,β-unsaturated/α-hetero) is 1. The Morgan fingerprint density at radius 1 is 0.839 bits per heavy atom. The molecule has 3 aromatic carbocycles. The minimum atomic E-state index is -3.73. The van der Waals surface area contributed by atoms with E-state index in [1.165, 1.54) is 6.92 Å². The van der Waals surface area contributed by atoms with Gasteiger partial charge in [-0.1, -0.05) is 35.4 Å². The van der Waals surface area contributed by atoms with Crippen LogP contribution in [0.5, 0.6) is 0 Å². The first-order valence-electron chi connectivity index (χ1n) is 10.00. The number of aryl methyl sites for hydroxylation is 2. The number of sulfonamides is 1. The van der Waals surface area contributed by atoms with Gasteiger partial charge in [0.05, 0.1) is 10.4 Å². The van der Waals surface area contributed by atoms with Crippen molar-refractivity contribution in [2.75, 3.05) is 4.72 Å². The molecule has 0 amide bonds. The summed E-state index contributed by atoms with van der Waals surface area (Å²) in [5, 5.41) is 0.717. The first-order chi connectivity index (χ1) is 14.7. The molecule has 0 unspecified atom stereocenters. The third-order valence-electron chi connectivity index (χ3n) is 5.43. The molecular formula is C25H24N2O3S. The molecule has 0 radical (unpaired) electrons. The Bertz CT molecular complexity index is 1400. The second kappa shape index (κ2) is 7.71. The van der Waals surface area contributed by atoms with Gasteiger partial charge in [-0.05, 0) is 70.2 Å². The van der Waals surface area contributed by atoms with E-state index in [0.717, 1.165) is 33.4 Å². The predicted octanol–water partition coefficient (Wildman–Crippen LogP) is 5.56. The summed E-state index contributed by atoms with van der Waals surface area (Å²) in [4.78, 5) is 12.7. The lowest BCUT2D eigenvalue weighted by Gasteiger charge is -2.11. The van der Waals surface area contributed by atoms with E-state index in [2.05, 4.69) is 4.72 Å². The minimum Gasteiger partial charge on any atom is -0.313 e. The lowest BCUT2D eigenvalue weighted by atomic mass is 10.1. The molecule has 0 fully saturated rings. The van der Waals surface area contributed by atoms with Gasteiger partial charge in [0.2, 0.25) is 0 Å². The highest BCUT2D eigenvalue weighted by molar-refractivity contribution is 7.92. The molecule has 0 aliphatic rings. The second-order valence-corrected chi connectivity index (χ2v) is 9.52. The van der Waals surface area contributed by atoms with Crippen LogP contribution in [0.25, 0.3) is 16.6 Å². The van der Waals surface area contributed by atoms with Crippen LogP contribution >= 0.6 is 0 Å². The summed E-state index contributed by atoms with van der Waals surface area (Å²) >= 11 is 0. The Labute approximate surface area is 182 Å². The van der Waals surface area contributed by atoms with Crippen LogP contribution in [0, 0.1) is 20.8 Å². The van der Waals surface area contributed by atoms with Gasteiger partial charge in [0.15, 0.2) is 5.78 Å². The summed E-state index contributed by atoms with van der Waals surface area (Å²) in [6.45, 7) is 7.37. The third kappa shape index (κ3) is 3.86. The zero-order valence-electron chi connectivity index (χ0n) is 17.9. The molecule has 1 N–H and O–H groups in total. The molecule has 4 rings (SSSR count). The topological polar surface area (TPSA) is 68.2 Å². The van der Waals surface area contributed by atoms with E-state index in [4.69, 9.17) is 0 Å². The molecule has 4 aromatic rings. The van der Waals surface area contributed by atoms with Crippen molar-refractivity contribution in [2.24, 2.45) is 0 Å². The highest BCUT2D eigenvalue weighted by Crippen LogP contribution is 2.32. The maximum atomic E-state index is 12.8. The Kier molecular flexibility index (Phi) is 5.19. The largest absolute Gasteiger partial charge is 0.313 e. The molecular weight excluding hydrogens is 408 g/mol. The first-order valence-corrected chi connectivity index (χ1v) is 11.5. The molecule has 0 saturated heterocycles. The van der Waals surface area contributed by atoms with Crippen molar-refractivity contribution in [2.45, 2.75) is 32.6 Å². The van der Waals surface area contributed by atoms with Crippen molar-refractivity contribution in [1.29, 1.82) is 0 Å². The van der Waals surface area contributed by atoms with Gasteiger partial charge in [-0.2, -0.15) is 0 Å². The van der Waals surface area contributed by atoms with Gasteiger partial charge in [0.25, 0.3) is 10.0 Å². The van der Waals surface area contributed by atoms with Gasteiger partial charge >= 0.3 is 0 Å². The fraction of sp³-hybridized carbons (Fsp3) is 0.160. The molecule has 158 valence electrons. The van der Waals surface area contributed by atoms with E-state index in [1.807, 2.05) is 55.7 Å². The van der Waals surface area contributed by atoms with Crippen LogP contribution in [-0.2, 0) is 10.0 Å². The highest BCUT2D eigenvalue weighted by atomic mass is 32.2. The maximum Gasteiger partial charge on any atom is 0.261 e.